The molecule has 5 nitrogen and oxygen atoms in total. The van der Waals surface area contributed by atoms with E-state index in [1.165, 1.54) is 12.8 Å². The number of anilines is 1. The van der Waals surface area contributed by atoms with E-state index in [-0.39, 0.29) is 5.84 Å². The monoisotopic (exact) mass is 247 g/mol. The Kier molecular flexibility index (Phi) is 3.81. The van der Waals surface area contributed by atoms with Gasteiger partial charge in [0.2, 0.25) is 0 Å². The Balaban J connectivity index is 2.15. The fourth-order valence-electron chi connectivity index (χ4n) is 2.37. The predicted molar refractivity (Wildman–Crippen MR) is 74.2 cm³/mol. The number of amidine groups is 1. The topological polar surface area (TPSA) is 69.2 Å². The number of pyridine rings is 1. The van der Waals surface area contributed by atoms with Crippen LogP contribution in [0.2, 0.25) is 0 Å². The van der Waals surface area contributed by atoms with Crippen LogP contribution in [0.5, 0.6) is 0 Å². The van der Waals surface area contributed by atoms with Gasteiger partial charge in [0.1, 0.15) is 11.5 Å². The van der Waals surface area contributed by atoms with Gasteiger partial charge in [0.25, 0.3) is 0 Å². The zero-order valence-electron chi connectivity index (χ0n) is 11.1. The second kappa shape index (κ2) is 5.35. The van der Waals surface area contributed by atoms with Gasteiger partial charge in [0.15, 0.2) is 0 Å². The fraction of sp³-hybridized carbons (Fsp3) is 0.538. The second-order valence-electron chi connectivity index (χ2n) is 5.02. The minimum Gasteiger partial charge on any atom is -0.382 e. The van der Waals surface area contributed by atoms with Gasteiger partial charge in [-0.1, -0.05) is 0 Å². The molecule has 1 aromatic rings. The highest BCUT2D eigenvalue weighted by Gasteiger charge is 2.21. The fourth-order valence-corrected chi connectivity index (χ4v) is 2.37. The van der Waals surface area contributed by atoms with Crippen LogP contribution in [0.1, 0.15) is 18.5 Å². The first-order valence-electron chi connectivity index (χ1n) is 6.30. The number of nitrogens with zero attached hydrogens (tertiary/aromatic N) is 3. The standard InChI is InChI=1S/C13H21N5/c1-17(2)11-4-3-7-18(9-11)10-5-6-16-12(8-10)13(14)15/h5-6,8,11H,3-4,7,9H2,1-2H3,(H3,14,15). The van der Waals surface area contributed by atoms with Crippen LogP contribution in [0.15, 0.2) is 18.3 Å². The van der Waals surface area contributed by atoms with Gasteiger partial charge in [0.05, 0.1) is 0 Å². The predicted octanol–water partition coefficient (Wildman–Crippen LogP) is 0.896. The molecular formula is C13H21N5. The highest BCUT2D eigenvalue weighted by atomic mass is 15.2. The first kappa shape index (κ1) is 12.8. The van der Waals surface area contributed by atoms with E-state index in [2.05, 4.69) is 28.9 Å². The number of nitrogen functional groups attached to an aromatic ring is 1. The van der Waals surface area contributed by atoms with Crippen molar-refractivity contribution < 1.29 is 0 Å². The summed E-state index contributed by atoms with van der Waals surface area (Å²) < 4.78 is 0. The number of nitrogens with one attached hydrogen (secondary N) is 1. The molecule has 0 saturated carbocycles. The van der Waals surface area contributed by atoms with Crippen LogP contribution in [0.4, 0.5) is 5.69 Å². The number of hydrogen-bond acceptors (Lipinski definition) is 4. The molecule has 0 spiro atoms. The molecule has 1 saturated heterocycles. The van der Waals surface area contributed by atoms with E-state index in [0.29, 0.717) is 11.7 Å². The Labute approximate surface area is 108 Å². The molecule has 5 heteroatoms. The first-order valence-corrected chi connectivity index (χ1v) is 6.30. The average Bonchev–Trinajstić information content (AvgIpc) is 2.39. The number of piperidine rings is 1. The van der Waals surface area contributed by atoms with E-state index in [1.807, 2.05) is 12.1 Å². The van der Waals surface area contributed by atoms with Gasteiger partial charge in [0, 0.05) is 31.0 Å². The summed E-state index contributed by atoms with van der Waals surface area (Å²) in [7, 11) is 4.25. The lowest BCUT2D eigenvalue weighted by Gasteiger charge is -2.37. The number of rotatable bonds is 3. The maximum Gasteiger partial charge on any atom is 0.141 e. The van der Waals surface area contributed by atoms with Crippen molar-refractivity contribution in [3.8, 4) is 0 Å². The van der Waals surface area contributed by atoms with Crippen LogP contribution in [0, 0.1) is 5.41 Å². The van der Waals surface area contributed by atoms with Gasteiger partial charge in [-0.3, -0.25) is 10.4 Å². The largest absolute Gasteiger partial charge is 0.382 e. The zero-order chi connectivity index (χ0) is 13.1. The quantitative estimate of drug-likeness (QED) is 0.615. The number of likely N-dealkylation sites (N-methyl/N-ethyl adjacent to an activating group) is 1. The van der Waals surface area contributed by atoms with E-state index in [0.717, 1.165) is 18.8 Å². The van der Waals surface area contributed by atoms with Crippen molar-refractivity contribution >= 4 is 11.5 Å². The van der Waals surface area contributed by atoms with E-state index in [4.69, 9.17) is 11.1 Å². The lowest BCUT2D eigenvalue weighted by molar-refractivity contribution is 0.258. The van der Waals surface area contributed by atoms with Crippen LogP contribution in [-0.4, -0.2) is 48.9 Å². The molecule has 0 aliphatic carbocycles. The van der Waals surface area contributed by atoms with Crippen molar-refractivity contribution in [2.24, 2.45) is 5.73 Å². The molecule has 1 aromatic heterocycles. The molecule has 1 aliphatic heterocycles. The summed E-state index contributed by atoms with van der Waals surface area (Å²) in [5.41, 5.74) is 7.15. The average molecular weight is 247 g/mol. The normalized spacial score (nSPS) is 20.2. The summed E-state index contributed by atoms with van der Waals surface area (Å²) in [6.07, 6.45) is 4.17. The third-order valence-corrected chi connectivity index (χ3v) is 3.51. The lowest BCUT2D eigenvalue weighted by atomic mass is 10.0. The maximum atomic E-state index is 7.44. The molecule has 0 aromatic carbocycles. The van der Waals surface area contributed by atoms with Crippen LogP contribution in [0.25, 0.3) is 0 Å². The summed E-state index contributed by atoms with van der Waals surface area (Å²) in [5, 5.41) is 7.44. The number of aromatic nitrogens is 1. The Morgan fingerprint density at radius 1 is 1.56 bits per heavy atom. The molecule has 2 rings (SSSR count). The maximum absolute atomic E-state index is 7.44. The molecule has 1 unspecified atom stereocenters. The smallest absolute Gasteiger partial charge is 0.141 e. The second-order valence-corrected chi connectivity index (χ2v) is 5.02. The summed E-state index contributed by atoms with van der Waals surface area (Å²) >= 11 is 0. The van der Waals surface area contributed by atoms with Gasteiger partial charge in [-0.15, -0.1) is 0 Å². The molecule has 0 radical (unpaired) electrons. The molecule has 0 bridgehead atoms. The molecule has 2 heterocycles. The summed E-state index contributed by atoms with van der Waals surface area (Å²) in [5.74, 6) is 0.0259. The molecular weight excluding hydrogens is 226 g/mol. The molecule has 1 atom stereocenters. The van der Waals surface area contributed by atoms with Crippen LogP contribution < -0.4 is 10.6 Å². The Bertz CT molecular complexity index is 429. The van der Waals surface area contributed by atoms with Crippen molar-refractivity contribution in [2.75, 3.05) is 32.1 Å². The third kappa shape index (κ3) is 2.79. The van der Waals surface area contributed by atoms with Crippen LogP contribution in [-0.2, 0) is 0 Å². The van der Waals surface area contributed by atoms with Crippen LogP contribution in [0.3, 0.4) is 0 Å². The van der Waals surface area contributed by atoms with E-state index >= 15 is 0 Å². The Morgan fingerprint density at radius 3 is 3.00 bits per heavy atom. The van der Waals surface area contributed by atoms with Crippen molar-refractivity contribution in [3.63, 3.8) is 0 Å². The van der Waals surface area contributed by atoms with Crippen molar-refractivity contribution in [2.45, 2.75) is 18.9 Å². The van der Waals surface area contributed by atoms with Gasteiger partial charge in [-0.2, -0.15) is 0 Å². The molecule has 18 heavy (non-hydrogen) atoms. The first-order chi connectivity index (χ1) is 8.58. The number of nitrogens with two attached hydrogens (primary N) is 1. The van der Waals surface area contributed by atoms with Crippen molar-refractivity contribution in [3.05, 3.63) is 24.0 Å². The van der Waals surface area contributed by atoms with E-state index in [9.17, 15) is 0 Å². The van der Waals surface area contributed by atoms with Gasteiger partial charge in [-0.25, -0.2) is 0 Å². The number of hydrogen-bond donors (Lipinski definition) is 2. The Morgan fingerprint density at radius 2 is 2.33 bits per heavy atom. The molecule has 3 N–H and O–H groups in total. The molecule has 1 fully saturated rings. The third-order valence-electron chi connectivity index (χ3n) is 3.51. The van der Waals surface area contributed by atoms with Crippen molar-refractivity contribution in [1.29, 1.82) is 5.41 Å². The van der Waals surface area contributed by atoms with E-state index < -0.39 is 0 Å². The molecule has 0 amide bonds. The lowest BCUT2D eigenvalue weighted by Crippen LogP contribution is -2.45. The van der Waals surface area contributed by atoms with Gasteiger partial charge < -0.3 is 15.5 Å². The van der Waals surface area contributed by atoms with Gasteiger partial charge >= 0.3 is 0 Å². The SMILES string of the molecule is CN(C)C1CCCN(c2ccnc(C(=N)N)c2)C1. The van der Waals surface area contributed by atoms with Crippen molar-refractivity contribution in [1.82, 2.24) is 9.88 Å². The summed E-state index contributed by atoms with van der Waals surface area (Å²) in [6, 6.07) is 4.48. The minimum atomic E-state index is 0.0259. The van der Waals surface area contributed by atoms with Gasteiger partial charge in [-0.05, 0) is 39.1 Å². The molecule has 98 valence electrons. The summed E-state index contributed by atoms with van der Waals surface area (Å²) in [4.78, 5) is 8.73. The zero-order valence-corrected chi connectivity index (χ0v) is 11.1. The minimum absolute atomic E-state index is 0.0259. The highest BCUT2D eigenvalue weighted by molar-refractivity contribution is 5.93. The highest BCUT2D eigenvalue weighted by Crippen LogP contribution is 2.21. The molecule has 1 aliphatic rings. The summed E-state index contributed by atoms with van der Waals surface area (Å²) in [6.45, 7) is 2.08. The Hall–Kier alpha value is -1.62. The van der Waals surface area contributed by atoms with Crippen LogP contribution >= 0.6 is 0 Å². The van der Waals surface area contributed by atoms with E-state index in [1.54, 1.807) is 6.20 Å².